The van der Waals surface area contributed by atoms with E-state index in [4.69, 9.17) is 9.57 Å². The number of hydrogen-bond donors (Lipinski definition) is 1. The number of carbonyl (C=O) groups excluding carboxylic acids is 1. The van der Waals surface area contributed by atoms with E-state index < -0.39 is 0 Å². The third-order valence-corrected chi connectivity index (χ3v) is 1.49. The highest BCUT2D eigenvalue weighted by molar-refractivity contribution is 5.71. The first-order valence-electron chi connectivity index (χ1n) is 3.79. The van der Waals surface area contributed by atoms with Gasteiger partial charge < -0.3 is 4.74 Å². The molecule has 0 radical (unpaired) electrons. The van der Waals surface area contributed by atoms with E-state index in [1.165, 1.54) is 6.92 Å². The van der Waals surface area contributed by atoms with E-state index in [-0.39, 0.29) is 12.0 Å². The minimum absolute atomic E-state index is 0.0349. The highest BCUT2D eigenvalue weighted by Crippen LogP contribution is 2.07. The second kappa shape index (κ2) is 4.31. The predicted octanol–water partition coefficient (Wildman–Crippen LogP) is 0.233. The van der Waals surface area contributed by atoms with Gasteiger partial charge in [0.25, 0.3) is 0 Å². The summed E-state index contributed by atoms with van der Waals surface area (Å²) in [6.45, 7) is 2.81. The van der Waals surface area contributed by atoms with Gasteiger partial charge in [0.15, 0.2) is 0 Å². The molecule has 1 saturated heterocycles. The van der Waals surface area contributed by atoms with Crippen LogP contribution in [0.2, 0.25) is 0 Å². The molecule has 1 aliphatic rings. The molecule has 1 rings (SSSR count). The van der Waals surface area contributed by atoms with Crippen LogP contribution in [0.5, 0.6) is 0 Å². The predicted molar refractivity (Wildman–Crippen MR) is 38.7 cm³/mol. The van der Waals surface area contributed by atoms with Gasteiger partial charge >= 0.3 is 0 Å². The van der Waals surface area contributed by atoms with Crippen LogP contribution in [0.3, 0.4) is 0 Å². The first kappa shape index (κ1) is 8.49. The highest BCUT2D eigenvalue weighted by atomic mass is 16.7. The molecule has 0 bridgehead atoms. The zero-order chi connectivity index (χ0) is 8.10. The summed E-state index contributed by atoms with van der Waals surface area (Å²) >= 11 is 0. The average Bonchev–Trinajstić information content (AvgIpc) is 2.03. The van der Waals surface area contributed by atoms with E-state index in [2.05, 4.69) is 5.48 Å². The first-order chi connectivity index (χ1) is 5.29. The van der Waals surface area contributed by atoms with Crippen LogP contribution in [0.15, 0.2) is 0 Å². The van der Waals surface area contributed by atoms with Crippen molar-refractivity contribution in [3.05, 3.63) is 0 Å². The Morgan fingerprint density at radius 3 is 3.09 bits per heavy atom. The molecule has 0 unspecified atom stereocenters. The van der Waals surface area contributed by atoms with Gasteiger partial charge in [-0.2, -0.15) is 0 Å². The lowest BCUT2D eigenvalue weighted by atomic mass is 10.2. The molecule has 4 heteroatoms. The number of amides is 1. The third kappa shape index (κ3) is 3.34. The molecule has 1 atom stereocenters. The molecule has 1 fully saturated rings. The second-order valence-corrected chi connectivity index (χ2v) is 2.62. The number of nitrogens with one attached hydrogen (secondary N) is 1. The summed E-state index contributed by atoms with van der Waals surface area (Å²) in [5.74, 6) is -0.171. The van der Waals surface area contributed by atoms with Crippen LogP contribution in [0.1, 0.15) is 19.8 Å². The molecule has 1 N–H and O–H groups in total. The van der Waals surface area contributed by atoms with E-state index >= 15 is 0 Å². The molecule has 1 heterocycles. The lowest BCUT2D eigenvalue weighted by molar-refractivity contribution is -0.143. The van der Waals surface area contributed by atoms with Crippen molar-refractivity contribution in [1.82, 2.24) is 5.48 Å². The van der Waals surface area contributed by atoms with E-state index in [1.807, 2.05) is 0 Å². The normalized spacial score (nSPS) is 24.6. The van der Waals surface area contributed by atoms with E-state index in [9.17, 15) is 4.79 Å². The van der Waals surface area contributed by atoms with Gasteiger partial charge in [0, 0.05) is 13.5 Å². The lowest BCUT2D eigenvalue weighted by Crippen LogP contribution is -2.33. The Balaban J connectivity index is 2.09. The van der Waals surface area contributed by atoms with E-state index in [1.54, 1.807) is 0 Å². The Bertz CT molecular complexity index is 132. The van der Waals surface area contributed by atoms with Gasteiger partial charge in [-0.05, 0) is 12.8 Å². The number of ether oxygens (including phenoxy) is 1. The van der Waals surface area contributed by atoms with Crippen LogP contribution >= 0.6 is 0 Å². The number of carbonyl (C=O) groups is 1. The maximum atomic E-state index is 10.4. The molecule has 11 heavy (non-hydrogen) atoms. The fourth-order valence-electron chi connectivity index (χ4n) is 0.970. The first-order valence-corrected chi connectivity index (χ1v) is 3.79. The summed E-state index contributed by atoms with van der Waals surface area (Å²) < 4.78 is 5.14. The van der Waals surface area contributed by atoms with E-state index in [0.717, 1.165) is 19.4 Å². The molecule has 4 nitrogen and oxygen atoms in total. The standard InChI is InChI=1S/C7H13NO3/c1-6(9)8-11-7-3-2-4-10-5-7/h7H,2-5H2,1H3,(H,8,9)/t7-/m0/s1. The molecule has 0 aromatic rings. The Kier molecular flexibility index (Phi) is 3.32. The largest absolute Gasteiger partial charge is 0.379 e. The monoisotopic (exact) mass is 159 g/mol. The van der Waals surface area contributed by atoms with Crippen molar-refractivity contribution in [2.24, 2.45) is 0 Å². The van der Waals surface area contributed by atoms with Gasteiger partial charge in [0.05, 0.1) is 6.61 Å². The zero-order valence-electron chi connectivity index (χ0n) is 6.63. The zero-order valence-corrected chi connectivity index (χ0v) is 6.63. The van der Waals surface area contributed by atoms with Crippen LogP contribution in [-0.2, 0) is 14.4 Å². The lowest BCUT2D eigenvalue weighted by Gasteiger charge is -2.21. The summed E-state index contributed by atoms with van der Waals surface area (Å²) in [5.41, 5.74) is 2.30. The quantitative estimate of drug-likeness (QED) is 0.587. The van der Waals surface area contributed by atoms with Crippen LogP contribution in [0.25, 0.3) is 0 Å². The minimum atomic E-state index is -0.171. The second-order valence-electron chi connectivity index (χ2n) is 2.62. The molecule has 0 aromatic heterocycles. The van der Waals surface area contributed by atoms with Gasteiger partial charge in [-0.25, -0.2) is 5.48 Å². The molecular weight excluding hydrogens is 146 g/mol. The fourth-order valence-corrected chi connectivity index (χ4v) is 0.970. The van der Waals surface area contributed by atoms with Crippen LogP contribution in [-0.4, -0.2) is 25.2 Å². The summed E-state index contributed by atoms with van der Waals surface area (Å²) in [4.78, 5) is 15.4. The van der Waals surface area contributed by atoms with Gasteiger partial charge in [0.1, 0.15) is 6.10 Å². The third-order valence-electron chi connectivity index (χ3n) is 1.49. The van der Waals surface area contributed by atoms with Crippen molar-refractivity contribution in [3.63, 3.8) is 0 Å². The molecule has 0 aliphatic carbocycles. The van der Waals surface area contributed by atoms with Gasteiger partial charge in [-0.3, -0.25) is 9.63 Å². The van der Waals surface area contributed by atoms with Crippen molar-refractivity contribution < 1.29 is 14.4 Å². The smallest absolute Gasteiger partial charge is 0.240 e. The number of hydrogen-bond acceptors (Lipinski definition) is 3. The van der Waals surface area contributed by atoms with Crippen molar-refractivity contribution in [3.8, 4) is 0 Å². The van der Waals surface area contributed by atoms with Crippen molar-refractivity contribution in [2.45, 2.75) is 25.9 Å². The Labute approximate surface area is 65.8 Å². The van der Waals surface area contributed by atoms with Crippen molar-refractivity contribution >= 4 is 5.91 Å². The van der Waals surface area contributed by atoms with Gasteiger partial charge in [0.2, 0.25) is 5.91 Å². The number of hydroxylamine groups is 1. The Hall–Kier alpha value is -0.610. The fraction of sp³-hybridized carbons (Fsp3) is 0.857. The SMILES string of the molecule is CC(=O)NO[C@H]1CCCOC1. The Morgan fingerprint density at radius 1 is 1.73 bits per heavy atom. The molecule has 1 aliphatic heterocycles. The van der Waals surface area contributed by atoms with Crippen molar-refractivity contribution in [1.29, 1.82) is 0 Å². The molecule has 64 valence electrons. The van der Waals surface area contributed by atoms with Crippen molar-refractivity contribution in [2.75, 3.05) is 13.2 Å². The van der Waals surface area contributed by atoms with Gasteiger partial charge in [-0.1, -0.05) is 0 Å². The molecule has 0 aromatic carbocycles. The van der Waals surface area contributed by atoms with E-state index in [0.29, 0.717) is 6.61 Å². The maximum Gasteiger partial charge on any atom is 0.240 e. The van der Waals surface area contributed by atoms with Crippen LogP contribution < -0.4 is 5.48 Å². The molecular formula is C7H13NO3. The highest BCUT2D eigenvalue weighted by Gasteiger charge is 2.14. The topological polar surface area (TPSA) is 47.6 Å². The van der Waals surface area contributed by atoms with Crippen LogP contribution in [0.4, 0.5) is 0 Å². The van der Waals surface area contributed by atoms with Crippen LogP contribution in [0, 0.1) is 0 Å². The molecule has 0 spiro atoms. The average molecular weight is 159 g/mol. The maximum absolute atomic E-state index is 10.4. The minimum Gasteiger partial charge on any atom is -0.379 e. The number of rotatable bonds is 2. The summed E-state index contributed by atoms with van der Waals surface area (Å²) in [6.07, 6.45) is 2.00. The molecule has 1 amide bonds. The van der Waals surface area contributed by atoms with Gasteiger partial charge in [-0.15, -0.1) is 0 Å². The molecule has 0 saturated carbocycles. The summed E-state index contributed by atoms with van der Waals surface area (Å²) in [5, 5.41) is 0. The summed E-state index contributed by atoms with van der Waals surface area (Å²) in [7, 11) is 0. The summed E-state index contributed by atoms with van der Waals surface area (Å²) in [6, 6.07) is 0. The Morgan fingerprint density at radius 2 is 2.55 bits per heavy atom.